The quantitative estimate of drug-likeness (QED) is 0.689. The number of aryl methyl sites for hydroxylation is 1. The lowest BCUT2D eigenvalue weighted by molar-refractivity contribution is -0.139. The Morgan fingerprint density at radius 1 is 1.10 bits per heavy atom. The van der Waals surface area contributed by atoms with Crippen molar-refractivity contribution in [1.82, 2.24) is 15.1 Å². The number of carbonyl (C=O) groups excluding carboxylic acids is 3. The SMILES string of the molecule is Cc1ccc(N2CC(C(=O)N3CCC(C(=O)NCCCN(C)C)CC3)CC2=O)cc1. The Bertz CT molecular complexity index is 754. The van der Waals surface area contributed by atoms with Gasteiger partial charge in [0.1, 0.15) is 0 Å². The van der Waals surface area contributed by atoms with Gasteiger partial charge in [0.15, 0.2) is 0 Å². The zero-order chi connectivity index (χ0) is 21.7. The standard InChI is InChI=1S/C23H34N4O3/c1-17-5-7-20(8-6-17)27-16-19(15-21(27)28)23(30)26-13-9-18(10-14-26)22(29)24-11-4-12-25(2)3/h5-8,18-19H,4,9-16H2,1-3H3,(H,24,29). The van der Waals surface area contributed by atoms with Crippen LogP contribution in [0.3, 0.4) is 0 Å². The summed E-state index contributed by atoms with van der Waals surface area (Å²) in [4.78, 5) is 43.5. The van der Waals surface area contributed by atoms with Gasteiger partial charge in [0.05, 0.1) is 5.92 Å². The fourth-order valence-corrected chi connectivity index (χ4v) is 4.22. The average Bonchev–Trinajstić information content (AvgIpc) is 3.12. The predicted molar refractivity (Wildman–Crippen MR) is 117 cm³/mol. The molecular formula is C23H34N4O3. The van der Waals surface area contributed by atoms with Crippen molar-refractivity contribution < 1.29 is 14.4 Å². The summed E-state index contributed by atoms with van der Waals surface area (Å²) in [5, 5.41) is 3.02. The van der Waals surface area contributed by atoms with Crippen LogP contribution in [0.25, 0.3) is 0 Å². The maximum absolute atomic E-state index is 13.0. The Kier molecular flexibility index (Phi) is 7.48. The number of hydrogen-bond donors (Lipinski definition) is 1. The highest BCUT2D eigenvalue weighted by Crippen LogP contribution is 2.28. The first-order valence-electron chi connectivity index (χ1n) is 10.9. The summed E-state index contributed by atoms with van der Waals surface area (Å²) in [5.41, 5.74) is 1.99. The van der Waals surface area contributed by atoms with Crippen LogP contribution >= 0.6 is 0 Å². The van der Waals surface area contributed by atoms with Crippen LogP contribution in [0.2, 0.25) is 0 Å². The van der Waals surface area contributed by atoms with E-state index in [0.29, 0.717) is 39.0 Å². The van der Waals surface area contributed by atoms with E-state index in [1.807, 2.05) is 50.2 Å². The molecule has 164 valence electrons. The van der Waals surface area contributed by atoms with Gasteiger partial charge in [-0.25, -0.2) is 0 Å². The first kappa shape index (κ1) is 22.3. The van der Waals surface area contributed by atoms with E-state index in [1.54, 1.807) is 4.90 Å². The summed E-state index contributed by atoms with van der Waals surface area (Å²) in [7, 11) is 4.04. The zero-order valence-corrected chi connectivity index (χ0v) is 18.4. The van der Waals surface area contributed by atoms with Gasteiger partial charge in [-0.05, 0) is 59.0 Å². The van der Waals surface area contributed by atoms with Crippen LogP contribution in [0.5, 0.6) is 0 Å². The summed E-state index contributed by atoms with van der Waals surface area (Å²) in [6.45, 7) is 5.26. The summed E-state index contributed by atoms with van der Waals surface area (Å²) >= 11 is 0. The molecule has 1 atom stereocenters. The lowest BCUT2D eigenvalue weighted by Gasteiger charge is -2.33. The van der Waals surface area contributed by atoms with Crippen LogP contribution in [0.15, 0.2) is 24.3 Å². The Morgan fingerprint density at radius 3 is 2.40 bits per heavy atom. The van der Waals surface area contributed by atoms with Crippen LogP contribution in [0, 0.1) is 18.8 Å². The maximum Gasteiger partial charge on any atom is 0.228 e. The molecule has 7 heteroatoms. The molecular weight excluding hydrogens is 380 g/mol. The number of nitrogens with zero attached hydrogens (tertiary/aromatic N) is 3. The van der Waals surface area contributed by atoms with Crippen LogP contribution in [-0.2, 0) is 14.4 Å². The second-order valence-corrected chi connectivity index (χ2v) is 8.79. The minimum atomic E-state index is -0.296. The van der Waals surface area contributed by atoms with Crippen LogP contribution in [-0.4, -0.2) is 74.3 Å². The monoisotopic (exact) mass is 414 g/mol. The summed E-state index contributed by atoms with van der Waals surface area (Å²) in [6.07, 6.45) is 2.57. The van der Waals surface area contributed by atoms with Gasteiger partial charge in [0, 0.05) is 44.2 Å². The Labute approximate surface area is 179 Å². The van der Waals surface area contributed by atoms with Crippen molar-refractivity contribution in [3.8, 4) is 0 Å². The lowest BCUT2D eigenvalue weighted by atomic mass is 9.94. The number of piperidine rings is 1. The molecule has 2 aliphatic heterocycles. The molecule has 0 radical (unpaired) electrons. The van der Waals surface area contributed by atoms with Gasteiger partial charge >= 0.3 is 0 Å². The van der Waals surface area contributed by atoms with Crippen molar-refractivity contribution in [2.24, 2.45) is 11.8 Å². The molecule has 3 rings (SSSR count). The molecule has 30 heavy (non-hydrogen) atoms. The fourth-order valence-electron chi connectivity index (χ4n) is 4.22. The van der Waals surface area contributed by atoms with Crippen molar-refractivity contribution in [2.75, 3.05) is 51.7 Å². The molecule has 1 N–H and O–H groups in total. The predicted octanol–water partition coefficient (Wildman–Crippen LogP) is 1.65. The van der Waals surface area contributed by atoms with Gasteiger partial charge in [0.25, 0.3) is 0 Å². The van der Waals surface area contributed by atoms with E-state index in [1.165, 1.54) is 0 Å². The van der Waals surface area contributed by atoms with Gasteiger partial charge in [-0.2, -0.15) is 0 Å². The average molecular weight is 415 g/mol. The van der Waals surface area contributed by atoms with E-state index in [4.69, 9.17) is 0 Å². The number of anilines is 1. The van der Waals surface area contributed by atoms with Crippen molar-refractivity contribution in [2.45, 2.75) is 32.6 Å². The molecule has 0 bridgehead atoms. The third-order valence-electron chi connectivity index (χ3n) is 6.08. The van der Waals surface area contributed by atoms with Gasteiger partial charge in [-0.3, -0.25) is 14.4 Å². The van der Waals surface area contributed by atoms with Crippen LogP contribution < -0.4 is 10.2 Å². The van der Waals surface area contributed by atoms with Gasteiger partial charge in [0.2, 0.25) is 17.7 Å². The molecule has 3 amide bonds. The molecule has 1 aromatic rings. The fraction of sp³-hybridized carbons (Fsp3) is 0.609. The van der Waals surface area contributed by atoms with Crippen molar-refractivity contribution in [3.63, 3.8) is 0 Å². The number of carbonyl (C=O) groups is 3. The number of amides is 3. The lowest BCUT2D eigenvalue weighted by Crippen LogP contribution is -2.45. The highest BCUT2D eigenvalue weighted by molar-refractivity contribution is 6.00. The molecule has 1 aromatic carbocycles. The molecule has 7 nitrogen and oxygen atoms in total. The van der Waals surface area contributed by atoms with Gasteiger partial charge in [-0.15, -0.1) is 0 Å². The highest BCUT2D eigenvalue weighted by Gasteiger charge is 2.38. The molecule has 0 aliphatic carbocycles. The number of benzene rings is 1. The Hall–Kier alpha value is -2.41. The van der Waals surface area contributed by atoms with E-state index < -0.39 is 0 Å². The molecule has 0 aromatic heterocycles. The number of nitrogens with one attached hydrogen (secondary N) is 1. The maximum atomic E-state index is 13.0. The number of rotatable bonds is 7. The molecule has 2 saturated heterocycles. The summed E-state index contributed by atoms with van der Waals surface area (Å²) in [6, 6.07) is 7.83. The molecule has 2 fully saturated rings. The van der Waals surface area contributed by atoms with E-state index in [-0.39, 0.29) is 36.0 Å². The molecule has 0 saturated carbocycles. The molecule has 2 aliphatic rings. The minimum Gasteiger partial charge on any atom is -0.356 e. The Morgan fingerprint density at radius 2 is 1.77 bits per heavy atom. The topological polar surface area (TPSA) is 73.0 Å². The first-order chi connectivity index (χ1) is 14.3. The summed E-state index contributed by atoms with van der Waals surface area (Å²) in [5.74, 6) is -0.174. The second kappa shape index (κ2) is 10.1. The minimum absolute atomic E-state index is 0.00388. The van der Waals surface area contributed by atoms with Gasteiger partial charge < -0.3 is 20.0 Å². The molecule has 0 spiro atoms. The van der Waals surface area contributed by atoms with Crippen molar-refractivity contribution in [1.29, 1.82) is 0 Å². The normalized spacial score (nSPS) is 20.1. The smallest absolute Gasteiger partial charge is 0.228 e. The van der Waals surface area contributed by atoms with E-state index >= 15 is 0 Å². The number of likely N-dealkylation sites (tertiary alicyclic amines) is 1. The third kappa shape index (κ3) is 5.59. The van der Waals surface area contributed by atoms with Crippen molar-refractivity contribution in [3.05, 3.63) is 29.8 Å². The van der Waals surface area contributed by atoms with Crippen LogP contribution in [0.1, 0.15) is 31.2 Å². The first-order valence-corrected chi connectivity index (χ1v) is 10.9. The zero-order valence-electron chi connectivity index (χ0n) is 18.4. The number of hydrogen-bond acceptors (Lipinski definition) is 4. The molecule has 1 unspecified atom stereocenters. The highest BCUT2D eigenvalue weighted by atomic mass is 16.2. The largest absolute Gasteiger partial charge is 0.356 e. The van der Waals surface area contributed by atoms with E-state index in [0.717, 1.165) is 24.2 Å². The second-order valence-electron chi connectivity index (χ2n) is 8.79. The van der Waals surface area contributed by atoms with E-state index in [2.05, 4.69) is 10.2 Å². The Balaban J connectivity index is 1.45. The summed E-state index contributed by atoms with van der Waals surface area (Å²) < 4.78 is 0. The van der Waals surface area contributed by atoms with Crippen molar-refractivity contribution >= 4 is 23.4 Å². The van der Waals surface area contributed by atoms with Crippen LogP contribution in [0.4, 0.5) is 5.69 Å². The van der Waals surface area contributed by atoms with Gasteiger partial charge in [-0.1, -0.05) is 17.7 Å². The van der Waals surface area contributed by atoms with E-state index in [9.17, 15) is 14.4 Å². The molecule has 2 heterocycles. The third-order valence-corrected chi connectivity index (χ3v) is 6.08.